The first-order chi connectivity index (χ1) is 20.7. The van der Waals surface area contributed by atoms with Gasteiger partial charge in [-0.05, 0) is 49.2 Å². The molecule has 2 fully saturated rings. The van der Waals surface area contributed by atoms with Gasteiger partial charge in [-0.2, -0.15) is 0 Å². The normalized spacial score (nSPS) is 21.7. The summed E-state index contributed by atoms with van der Waals surface area (Å²) in [7, 11) is 0. The minimum Gasteiger partial charge on any atom is -0.392 e. The zero-order valence-corrected chi connectivity index (χ0v) is 23.4. The summed E-state index contributed by atoms with van der Waals surface area (Å²) in [5, 5.41) is 11.6. The number of nitrogens with zero attached hydrogens (tertiary/aromatic N) is 1. The van der Waals surface area contributed by atoms with Gasteiger partial charge in [0.05, 0.1) is 18.8 Å². The standard InChI is InChI=1S/C32H33F5N2O4/c33-26-25(27(34)29(36)30(37)28(26)35)31(41)38-22-12-10-21(11-13-22)32-42-23(17-39-14-4-2-1-3-5-15-39)16-24(43-32)20-8-6-19(18-40)7-9-20/h6-13,23-24,32,40H,1-5,14-18H2,(H,38,41)/t23-,24+,32+/m0/s1. The molecule has 6 nitrogen and oxygen atoms in total. The lowest BCUT2D eigenvalue weighted by atomic mass is 9.99. The Kier molecular flexibility index (Phi) is 10.1. The quantitative estimate of drug-likeness (QED) is 0.174. The van der Waals surface area contributed by atoms with Crippen LogP contribution in [0.3, 0.4) is 0 Å². The van der Waals surface area contributed by atoms with E-state index < -0.39 is 46.8 Å². The molecule has 1 amide bonds. The lowest BCUT2D eigenvalue weighted by molar-refractivity contribution is -0.253. The van der Waals surface area contributed by atoms with Gasteiger partial charge in [-0.3, -0.25) is 4.79 Å². The van der Waals surface area contributed by atoms with Crippen LogP contribution in [-0.2, 0) is 16.1 Å². The zero-order chi connectivity index (χ0) is 30.5. The Balaban J connectivity index is 1.33. The Labute approximate surface area is 246 Å². The molecule has 0 radical (unpaired) electrons. The van der Waals surface area contributed by atoms with E-state index in [1.54, 1.807) is 12.1 Å². The third kappa shape index (κ3) is 7.23. The van der Waals surface area contributed by atoms with E-state index in [0.717, 1.165) is 43.6 Å². The fourth-order valence-electron chi connectivity index (χ4n) is 5.54. The summed E-state index contributed by atoms with van der Waals surface area (Å²) in [5.41, 5.74) is 0.842. The van der Waals surface area contributed by atoms with E-state index in [0.29, 0.717) is 12.0 Å². The number of halogens is 5. The molecule has 0 aromatic heterocycles. The Morgan fingerprint density at radius 1 is 0.767 bits per heavy atom. The van der Waals surface area contributed by atoms with Gasteiger partial charge < -0.3 is 24.8 Å². The molecule has 0 bridgehead atoms. The van der Waals surface area contributed by atoms with Crippen LogP contribution >= 0.6 is 0 Å². The highest BCUT2D eigenvalue weighted by Crippen LogP contribution is 2.38. The largest absolute Gasteiger partial charge is 0.392 e. The fraction of sp³-hybridized carbons (Fsp3) is 0.406. The molecule has 230 valence electrons. The molecule has 0 saturated carbocycles. The van der Waals surface area contributed by atoms with Crippen LogP contribution in [0.1, 0.15) is 78.0 Å². The van der Waals surface area contributed by atoms with E-state index in [2.05, 4.69) is 10.2 Å². The van der Waals surface area contributed by atoms with Crippen molar-refractivity contribution in [2.45, 2.75) is 63.6 Å². The molecule has 2 saturated heterocycles. The average Bonchev–Trinajstić information content (AvgIpc) is 3.00. The Morgan fingerprint density at radius 3 is 1.93 bits per heavy atom. The first kappa shape index (κ1) is 31.1. The third-order valence-electron chi connectivity index (χ3n) is 7.90. The summed E-state index contributed by atoms with van der Waals surface area (Å²) in [6.45, 7) is 2.67. The Bertz CT molecular complexity index is 1380. The van der Waals surface area contributed by atoms with Crippen molar-refractivity contribution >= 4 is 11.6 Å². The predicted octanol–water partition coefficient (Wildman–Crippen LogP) is 6.94. The van der Waals surface area contributed by atoms with Gasteiger partial charge in [-0.15, -0.1) is 0 Å². The van der Waals surface area contributed by atoms with Gasteiger partial charge in [0.15, 0.2) is 29.6 Å². The van der Waals surface area contributed by atoms with Gasteiger partial charge >= 0.3 is 0 Å². The van der Waals surface area contributed by atoms with Crippen molar-refractivity contribution < 1.29 is 41.3 Å². The molecule has 2 aliphatic heterocycles. The number of nitrogens with one attached hydrogen (secondary N) is 1. The van der Waals surface area contributed by atoms with Crippen LogP contribution in [-0.4, -0.2) is 41.7 Å². The minimum absolute atomic E-state index is 0.0671. The highest BCUT2D eigenvalue weighted by Gasteiger charge is 2.34. The van der Waals surface area contributed by atoms with E-state index in [9.17, 15) is 31.9 Å². The summed E-state index contributed by atoms with van der Waals surface area (Å²) in [4.78, 5) is 14.9. The molecule has 2 N–H and O–H groups in total. The van der Waals surface area contributed by atoms with Gasteiger partial charge in [-0.25, -0.2) is 22.0 Å². The average molecular weight is 605 g/mol. The maximum absolute atomic E-state index is 14.1. The number of aliphatic hydroxyl groups is 1. The number of rotatable bonds is 7. The van der Waals surface area contributed by atoms with E-state index in [-0.39, 0.29) is 24.5 Å². The van der Waals surface area contributed by atoms with E-state index in [1.807, 2.05) is 24.3 Å². The number of aliphatic hydroxyl groups excluding tert-OH is 1. The van der Waals surface area contributed by atoms with Crippen molar-refractivity contribution in [2.24, 2.45) is 0 Å². The molecule has 3 atom stereocenters. The van der Waals surface area contributed by atoms with E-state index >= 15 is 0 Å². The van der Waals surface area contributed by atoms with Crippen molar-refractivity contribution in [2.75, 3.05) is 25.0 Å². The lowest BCUT2D eigenvalue weighted by Gasteiger charge is -2.38. The number of carbonyl (C=O) groups excluding carboxylic acids is 1. The number of carbonyl (C=O) groups is 1. The molecular weight excluding hydrogens is 571 g/mol. The molecule has 5 rings (SSSR count). The first-order valence-electron chi connectivity index (χ1n) is 14.4. The molecule has 11 heteroatoms. The van der Waals surface area contributed by atoms with Crippen molar-refractivity contribution in [3.8, 4) is 0 Å². The summed E-state index contributed by atoms with van der Waals surface area (Å²) in [5.74, 6) is -12.6. The van der Waals surface area contributed by atoms with E-state index in [4.69, 9.17) is 9.47 Å². The Morgan fingerprint density at radius 2 is 1.33 bits per heavy atom. The molecule has 3 aromatic rings. The van der Waals surface area contributed by atoms with Crippen molar-refractivity contribution in [3.05, 3.63) is 99.9 Å². The van der Waals surface area contributed by atoms with Crippen LogP contribution in [0, 0.1) is 29.1 Å². The second-order valence-electron chi connectivity index (χ2n) is 10.9. The number of hydrogen-bond donors (Lipinski definition) is 2. The number of hydrogen-bond acceptors (Lipinski definition) is 5. The van der Waals surface area contributed by atoms with Crippen LogP contribution < -0.4 is 5.32 Å². The van der Waals surface area contributed by atoms with E-state index in [1.165, 1.54) is 31.4 Å². The SMILES string of the molecule is O=C(Nc1ccc([C@@H]2O[C@H](CN3CCCCCCC3)C[C@H](c3ccc(CO)cc3)O2)cc1)c1c(F)c(F)c(F)c(F)c1F. The first-order valence-corrected chi connectivity index (χ1v) is 14.4. The molecule has 0 aliphatic carbocycles. The van der Waals surface area contributed by atoms with Gasteiger partial charge in [-0.1, -0.05) is 55.7 Å². The maximum atomic E-state index is 14.1. The summed E-state index contributed by atoms with van der Waals surface area (Å²) < 4.78 is 81.5. The smallest absolute Gasteiger partial charge is 0.261 e. The lowest BCUT2D eigenvalue weighted by Crippen LogP contribution is -2.40. The van der Waals surface area contributed by atoms with Gasteiger partial charge in [0.2, 0.25) is 5.82 Å². The van der Waals surface area contributed by atoms with Crippen LogP contribution in [0.5, 0.6) is 0 Å². The summed E-state index contributed by atoms with van der Waals surface area (Å²) in [6.07, 6.45) is 5.37. The van der Waals surface area contributed by atoms with Crippen LogP contribution in [0.2, 0.25) is 0 Å². The maximum Gasteiger partial charge on any atom is 0.261 e. The monoisotopic (exact) mass is 604 g/mol. The van der Waals surface area contributed by atoms with Gasteiger partial charge in [0.1, 0.15) is 5.56 Å². The van der Waals surface area contributed by atoms with Crippen molar-refractivity contribution in [3.63, 3.8) is 0 Å². The zero-order valence-electron chi connectivity index (χ0n) is 23.4. The Hall–Kier alpha value is -3.38. The number of likely N-dealkylation sites (tertiary alicyclic amines) is 1. The molecule has 2 aliphatic rings. The molecule has 43 heavy (non-hydrogen) atoms. The number of anilines is 1. The number of amides is 1. The number of benzene rings is 3. The molecule has 3 aromatic carbocycles. The van der Waals surface area contributed by atoms with Gasteiger partial charge in [0, 0.05) is 24.2 Å². The summed E-state index contributed by atoms with van der Waals surface area (Å²) in [6, 6.07) is 13.6. The van der Waals surface area contributed by atoms with Crippen molar-refractivity contribution in [1.29, 1.82) is 0 Å². The van der Waals surface area contributed by atoms with Crippen LogP contribution in [0.4, 0.5) is 27.6 Å². The predicted molar refractivity (Wildman–Crippen MR) is 149 cm³/mol. The molecule has 0 unspecified atom stereocenters. The molecule has 0 spiro atoms. The molecule has 2 heterocycles. The molecular formula is C32H33F5N2O4. The van der Waals surface area contributed by atoms with Crippen LogP contribution in [0.25, 0.3) is 0 Å². The highest BCUT2D eigenvalue weighted by molar-refractivity contribution is 6.04. The summed E-state index contributed by atoms with van der Waals surface area (Å²) >= 11 is 0. The van der Waals surface area contributed by atoms with Crippen LogP contribution in [0.15, 0.2) is 48.5 Å². The highest BCUT2D eigenvalue weighted by atomic mass is 19.2. The van der Waals surface area contributed by atoms with Crippen molar-refractivity contribution in [1.82, 2.24) is 4.90 Å². The van der Waals surface area contributed by atoms with Gasteiger partial charge in [0.25, 0.3) is 5.91 Å². The second kappa shape index (κ2) is 13.9. The number of ether oxygens (including phenoxy) is 2. The third-order valence-corrected chi connectivity index (χ3v) is 7.90. The fourth-order valence-corrected chi connectivity index (χ4v) is 5.54. The second-order valence-corrected chi connectivity index (χ2v) is 10.9. The minimum atomic E-state index is -2.34. The topological polar surface area (TPSA) is 71.0 Å².